The van der Waals surface area contributed by atoms with Gasteiger partial charge in [-0.2, -0.15) is 4.74 Å². The number of benzene rings is 2. The Morgan fingerprint density at radius 1 is 1.06 bits per heavy atom. The van der Waals surface area contributed by atoms with Crippen molar-refractivity contribution in [3.05, 3.63) is 64.3 Å². The number of fused-ring (bicyclic) bond motifs is 1. The summed E-state index contributed by atoms with van der Waals surface area (Å²) in [5.41, 5.74) is 1.75. The molecule has 3 rings (SSSR count). The summed E-state index contributed by atoms with van der Waals surface area (Å²) >= 11 is 6.11. The Labute approximate surface area is 109 Å². The van der Waals surface area contributed by atoms with Gasteiger partial charge < -0.3 is 9.94 Å². The molecule has 0 radical (unpaired) electrons. The summed E-state index contributed by atoms with van der Waals surface area (Å²) < 4.78 is 6.47. The van der Waals surface area contributed by atoms with Gasteiger partial charge in [0, 0.05) is 6.07 Å². The number of halogens is 1. The summed E-state index contributed by atoms with van der Waals surface area (Å²) in [5, 5.41) is 12.9. The molecular weight excluding hydrogens is 250 g/mol. The second-order valence-corrected chi connectivity index (χ2v) is 4.38. The highest BCUT2D eigenvalue weighted by Gasteiger charge is 2.26. The Morgan fingerprint density at radius 3 is 2.61 bits per heavy atom. The molecule has 90 valence electrons. The van der Waals surface area contributed by atoms with Crippen molar-refractivity contribution in [3.8, 4) is 5.75 Å². The van der Waals surface area contributed by atoms with E-state index >= 15 is 0 Å². The molecule has 2 aromatic carbocycles. The van der Waals surface area contributed by atoms with Crippen LogP contribution in [0.3, 0.4) is 0 Å². The first-order valence-corrected chi connectivity index (χ1v) is 5.95. The van der Waals surface area contributed by atoms with Gasteiger partial charge in [0.05, 0.1) is 10.6 Å². The van der Waals surface area contributed by atoms with Crippen LogP contribution >= 0.6 is 11.6 Å². The molecule has 0 atom stereocenters. The monoisotopic (exact) mass is 259 g/mol. The van der Waals surface area contributed by atoms with Crippen molar-refractivity contribution in [2.24, 2.45) is 0 Å². The lowest BCUT2D eigenvalue weighted by Crippen LogP contribution is -2.26. The van der Waals surface area contributed by atoms with Gasteiger partial charge in [0.15, 0.2) is 12.4 Å². The van der Waals surface area contributed by atoms with Gasteiger partial charge in [-0.1, -0.05) is 35.9 Å². The van der Waals surface area contributed by atoms with Crippen LogP contribution in [0, 0.1) is 5.21 Å². The molecule has 0 bridgehead atoms. The standard InChI is InChI=1S/C14H10ClNO2/c15-11-6-2-1-5-10(11)13-9-18-14-8-4-3-7-12(14)16(13)17/h1-8H,9H2. The van der Waals surface area contributed by atoms with Crippen molar-refractivity contribution < 1.29 is 9.48 Å². The quantitative estimate of drug-likeness (QED) is 0.581. The van der Waals surface area contributed by atoms with E-state index in [1.165, 1.54) is 0 Å². The van der Waals surface area contributed by atoms with Gasteiger partial charge >= 0.3 is 0 Å². The normalized spacial score (nSPS) is 14.1. The second kappa shape index (κ2) is 4.35. The molecule has 2 aromatic rings. The number of rotatable bonds is 1. The van der Waals surface area contributed by atoms with E-state index in [4.69, 9.17) is 16.3 Å². The maximum atomic E-state index is 12.3. The van der Waals surface area contributed by atoms with Crippen molar-refractivity contribution in [2.75, 3.05) is 6.61 Å². The third-order valence-corrected chi connectivity index (χ3v) is 3.21. The summed E-state index contributed by atoms with van der Waals surface area (Å²) in [6.07, 6.45) is 0. The van der Waals surface area contributed by atoms with E-state index in [-0.39, 0.29) is 6.61 Å². The number of hydrogen-bond donors (Lipinski definition) is 0. The molecule has 0 spiro atoms. The number of nitrogens with zero attached hydrogens (tertiary/aromatic N) is 1. The molecule has 1 heterocycles. The highest BCUT2D eigenvalue weighted by atomic mass is 35.5. The zero-order valence-corrected chi connectivity index (χ0v) is 10.2. The van der Waals surface area contributed by atoms with Crippen LogP contribution in [0.25, 0.3) is 0 Å². The topological polar surface area (TPSA) is 35.3 Å². The van der Waals surface area contributed by atoms with E-state index in [1.807, 2.05) is 30.3 Å². The summed E-state index contributed by atoms with van der Waals surface area (Å²) in [7, 11) is 0. The predicted molar refractivity (Wildman–Crippen MR) is 70.8 cm³/mol. The second-order valence-electron chi connectivity index (χ2n) is 3.98. The van der Waals surface area contributed by atoms with Gasteiger partial charge in [0.1, 0.15) is 0 Å². The fourth-order valence-corrected chi connectivity index (χ4v) is 2.22. The van der Waals surface area contributed by atoms with Crippen LogP contribution in [0.15, 0.2) is 48.5 Å². The number of ether oxygens (including phenoxy) is 1. The lowest BCUT2D eigenvalue weighted by molar-refractivity contribution is -0.367. The van der Waals surface area contributed by atoms with Gasteiger partial charge in [0.25, 0.3) is 5.69 Å². The highest BCUT2D eigenvalue weighted by Crippen LogP contribution is 2.31. The first kappa shape index (κ1) is 11.1. The van der Waals surface area contributed by atoms with Crippen LogP contribution in [0.4, 0.5) is 5.69 Å². The van der Waals surface area contributed by atoms with Gasteiger partial charge in [-0.15, -0.1) is 0 Å². The maximum absolute atomic E-state index is 12.3. The molecule has 0 amide bonds. The first-order valence-electron chi connectivity index (χ1n) is 5.57. The molecule has 0 N–H and O–H groups in total. The van der Waals surface area contributed by atoms with Crippen LogP contribution < -0.4 is 4.74 Å². The van der Waals surface area contributed by atoms with E-state index in [1.54, 1.807) is 18.2 Å². The van der Waals surface area contributed by atoms with Crippen molar-refractivity contribution in [1.29, 1.82) is 0 Å². The Kier molecular flexibility index (Phi) is 2.68. The lowest BCUT2D eigenvalue weighted by Gasteiger charge is -2.19. The van der Waals surface area contributed by atoms with E-state index in [9.17, 15) is 5.21 Å². The fourth-order valence-electron chi connectivity index (χ4n) is 1.98. The maximum Gasteiger partial charge on any atom is 0.259 e. The third-order valence-electron chi connectivity index (χ3n) is 2.88. The molecule has 0 saturated carbocycles. The summed E-state index contributed by atoms with van der Waals surface area (Å²) in [5.74, 6) is 0.600. The smallest absolute Gasteiger partial charge is 0.259 e. The molecule has 3 nitrogen and oxygen atoms in total. The minimum Gasteiger partial charge on any atom is -0.618 e. The Balaban J connectivity index is 2.18. The minimum atomic E-state index is 0.226. The minimum absolute atomic E-state index is 0.226. The molecule has 0 aliphatic carbocycles. The summed E-state index contributed by atoms with van der Waals surface area (Å²) in [4.78, 5) is 0. The molecule has 18 heavy (non-hydrogen) atoms. The molecule has 0 aromatic heterocycles. The zero-order valence-electron chi connectivity index (χ0n) is 9.47. The van der Waals surface area contributed by atoms with E-state index < -0.39 is 0 Å². The summed E-state index contributed by atoms with van der Waals surface area (Å²) in [6, 6.07) is 14.4. The van der Waals surface area contributed by atoms with Crippen LogP contribution in [0.2, 0.25) is 5.02 Å². The highest BCUT2D eigenvalue weighted by molar-refractivity contribution is 6.34. The van der Waals surface area contributed by atoms with Crippen LogP contribution in [-0.4, -0.2) is 17.1 Å². The fraction of sp³-hybridized carbons (Fsp3) is 0.0714. The van der Waals surface area contributed by atoms with Crippen molar-refractivity contribution in [3.63, 3.8) is 0 Å². The Bertz CT molecular complexity index is 637. The molecule has 0 saturated heterocycles. The Morgan fingerprint density at radius 2 is 1.78 bits per heavy atom. The molecule has 4 heteroatoms. The van der Waals surface area contributed by atoms with E-state index in [0.29, 0.717) is 27.7 Å². The largest absolute Gasteiger partial charge is 0.618 e. The first-order chi connectivity index (χ1) is 8.77. The van der Waals surface area contributed by atoms with E-state index in [0.717, 1.165) is 4.74 Å². The van der Waals surface area contributed by atoms with Gasteiger partial charge in [0.2, 0.25) is 5.71 Å². The van der Waals surface area contributed by atoms with Gasteiger partial charge in [-0.25, -0.2) is 0 Å². The van der Waals surface area contributed by atoms with E-state index in [2.05, 4.69) is 0 Å². The molecule has 1 aliphatic heterocycles. The summed E-state index contributed by atoms with van der Waals surface area (Å²) in [6.45, 7) is 0.226. The van der Waals surface area contributed by atoms with Crippen molar-refractivity contribution >= 4 is 23.0 Å². The average molecular weight is 260 g/mol. The van der Waals surface area contributed by atoms with Gasteiger partial charge in [-0.05, 0) is 18.2 Å². The zero-order chi connectivity index (χ0) is 12.5. The Hall–Kier alpha value is -2.00. The SMILES string of the molecule is [O-][N+]1=C(c2ccccc2Cl)COc2ccccc21. The molecule has 0 fully saturated rings. The number of para-hydroxylation sites is 2. The third kappa shape index (κ3) is 1.73. The van der Waals surface area contributed by atoms with Crippen molar-refractivity contribution in [1.82, 2.24) is 0 Å². The average Bonchev–Trinajstić information content (AvgIpc) is 2.41. The van der Waals surface area contributed by atoms with Crippen LogP contribution in [0.1, 0.15) is 5.56 Å². The molecular formula is C14H10ClNO2. The van der Waals surface area contributed by atoms with Crippen LogP contribution in [0.5, 0.6) is 5.75 Å². The van der Waals surface area contributed by atoms with Gasteiger partial charge in [-0.3, -0.25) is 0 Å². The van der Waals surface area contributed by atoms with Crippen LogP contribution in [-0.2, 0) is 0 Å². The molecule has 0 unspecified atom stereocenters. The van der Waals surface area contributed by atoms with Crippen molar-refractivity contribution in [2.45, 2.75) is 0 Å². The molecule has 1 aliphatic rings. The number of hydrogen-bond acceptors (Lipinski definition) is 2. The predicted octanol–water partition coefficient (Wildman–Crippen LogP) is 3.36. The lowest BCUT2D eigenvalue weighted by atomic mass is 10.1.